The van der Waals surface area contributed by atoms with Crippen LogP contribution in [-0.4, -0.2) is 66.1 Å². The van der Waals surface area contributed by atoms with Gasteiger partial charge in [0.2, 0.25) is 0 Å². The average molecular weight is 690 g/mol. The van der Waals surface area contributed by atoms with Crippen molar-refractivity contribution in [2.45, 2.75) is 57.3 Å². The number of piperazine rings is 1. The Hall–Kier alpha value is -2.85. The highest BCUT2D eigenvalue weighted by Crippen LogP contribution is 2.45. The standard InChI is InChI=1S/C35H42Cl2N4O4.ClH/c1-5-45-29-22-25(34(2,3)4)10-15-28(29)35(33(44)41-20-18-40(19-21-41)17-16-30(42)43)38-31(23-6-11-26(36)12-7-23)32(39-35)24-8-13-27(37)14-9-24;/h6-15,22,31-32,38-39H,5,16-21H2,1-4H3,(H,42,43);1H/t31-,32+,35?;. The Morgan fingerprint density at radius 3 is 1.87 bits per heavy atom. The monoisotopic (exact) mass is 688 g/mol. The maximum Gasteiger partial charge on any atom is 0.304 e. The lowest BCUT2D eigenvalue weighted by Gasteiger charge is -2.41. The fourth-order valence-electron chi connectivity index (χ4n) is 6.20. The van der Waals surface area contributed by atoms with Gasteiger partial charge in [-0.05, 0) is 59.4 Å². The fraction of sp³-hybridized carbons (Fsp3) is 0.429. The van der Waals surface area contributed by atoms with E-state index in [1.165, 1.54) is 0 Å². The van der Waals surface area contributed by atoms with Gasteiger partial charge in [0.1, 0.15) is 5.75 Å². The summed E-state index contributed by atoms with van der Waals surface area (Å²) >= 11 is 12.6. The number of hydrogen-bond acceptors (Lipinski definition) is 6. The molecule has 11 heteroatoms. The van der Waals surface area contributed by atoms with Crippen LogP contribution in [-0.2, 0) is 20.7 Å². The van der Waals surface area contributed by atoms with Crippen molar-refractivity contribution in [3.05, 3.63) is 99.0 Å². The summed E-state index contributed by atoms with van der Waals surface area (Å²) in [4.78, 5) is 30.1. The van der Waals surface area contributed by atoms with Gasteiger partial charge >= 0.3 is 5.97 Å². The summed E-state index contributed by atoms with van der Waals surface area (Å²) in [6.07, 6.45) is 0.0738. The Morgan fingerprint density at radius 2 is 1.41 bits per heavy atom. The third-order valence-electron chi connectivity index (χ3n) is 8.71. The van der Waals surface area contributed by atoms with E-state index in [-0.39, 0.29) is 42.2 Å². The molecule has 0 bridgehead atoms. The number of carboxylic acids is 1. The second-order valence-corrected chi connectivity index (χ2v) is 13.6. The molecule has 2 heterocycles. The Morgan fingerprint density at radius 1 is 0.891 bits per heavy atom. The summed E-state index contributed by atoms with van der Waals surface area (Å²) in [7, 11) is 0. The lowest BCUT2D eigenvalue weighted by atomic mass is 9.84. The molecule has 1 amide bonds. The van der Waals surface area contributed by atoms with Gasteiger partial charge < -0.3 is 14.7 Å². The van der Waals surface area contributed by atoms with Gasteiger partial charge in [0.15, 0.2) is 5.66 Å². The summed E-state index contributed by atoms with van der Waals surface area (Å²) < 4.78 is 6.28. The first-order valence-electron chi connectivity index (χ1n) is 15.5. The molecule has 0 spiro atoms. The van der Waals surface area contributed by atoms with Gasteiger partial charge in [0.25, 0.3) is 5.91 Å². The SMILES string of the molecule is CCOc1cc(C(C)(C)C)ccc1C1(C(=O)N2CCN(CCC(=O)O)CC2)N[C@H](c2ccc(Cl)cc2)[C@H](c2ccc(Cl)cc2)N1.Cl. The number of benzene rings is 3. The minimum Gasteiger partial charge on any atom is -0.493 e. The topological polar surface area (TPSA) is 94.1 Å². The molecule has 2 saturated heterocycles. The lowest BCUT2D eigenvalue weighted by Crippen LogP contribution is -2.62. The Kier molecular flexibility index (Phi) is 11.7. The number of nitrogens with zero attached hydrogens (tertiary/aromatic N) is 2. The van der Waals surface area contributed by atoms with Crippen LogP contribution in [0.25, 0.3) is 0 Å². The minimum absolute atomic E-state index is 0. The van der Waals surface area contributed by atoms with E-state index in [4.69, 9.17) is 33.0 Å². The highest BCUT2D eigenvalue weighted by Gasteiger charge is 2.54. The number of nitrogens with one attached hydrogen (secondary N) is 2. The molecule has 1 unspecified atom stereocenters. The van der Waals surface area contributed by atoms with Crippen LogP contribution in [0, 0.1) is 0 Å². The van der Waals surface area contributed by atoms with Crippen molar-refractivity contribution in [2.24, 2.45) is 0 Å². The van der Waals surface area contributed by atoms with Crippen molar-refractivity contribution in [1.82, 2.24) is 20.4 Å². The van der Waals surface area contributed by atoms with Crippen LogP contribution >= 0.6 is 35.6 Å². The second kappa shape index (κ2) is 14.9. The molecule has 2 fully saturated rings. The predicted molar refractivity (Wildman–Crippen MR) is 185 cm³/mol. The predicted octanol–water partition coefficient (Wildman–Crippen LogP) is 6.56. The number of rotatable bonds is 9. The van der Waals surface area contributed by atoms with Crippen LogP contribution in [0.4, 0.5) is 0 Å². The summed E-state index contributed by atoms with van der Waals surface area (Å²) in [5.74, 6) is -0.291. The van der Waals surface area contributed by atoms with E-state index in [1.54, 1.807) is 0 Å². The van der Waals surface area contributed by atoms with Crippen molar-refractivity contribution in [3.8, 4) is 5.75 Å². The molecule has 0 saturated carbocycles. The molecule has 2 aliphatic rings. The zero-order chi connectivity index (χ0) is 32.4. The van der Waals surface area contributed by atoms with Gasteiger partial charge in [0.05, 0.1) is 25.1 Å². The number of amides is 1. The summed E-state index contributed by atoms with van der Waals surface area (Å²) in [5, 5.41) is 18.0. The molecule has 3 aromatic carbocycles. The quantitative estimate of drug-likeness (QED) is 0.234. The summed E-state index contributed by atoms with van der Waals surface area (Å²) in [5.41, 5.74) is 2.31. The molecule has 8 nitrogen and oxygen atoms in total. The van der Waals surface area contributed by atoms with E-state index < -0.39 is 11.6 Å². The van der Waals surface area contributed by atoms with Crippen LogP contribution < -0.4 is 15.4 Å². The number of carbonyl (C=O) groups excluding carboxylic acids is 1. The van der Waals surface area contributed by atoms with Crippen molar-refractivity contribution in [1.29, 1.82) is 0 Å². The molecule has 3 N–H and O–H groups in total. The van der Waals surface area contributed by atoms with Crippen LogP contribution in [0.15, 0.2) is 66.7 Å². The average Bonchev–Trinajstić information content (AvgIpc) is 3.42. The third-order valence-corrected chi connectivity index (χ3v) is 9.21. The van der Waals surface area contributed by atoms with Gasteiger partial charge in [-0.2, -0.15) is 0 Å². The van der Waals surface area contributed by atoms with Crippen LogP contribution in [0.2, 0.25) is 10.0 Å². The van der Waals surface area contributed by atoms with Gasteiger partial charge in [0, 0.05) is 48.3 Å². The highest BCUT2D eigenvalue weighted by atomic mass is 35.5. The van der Waals surface area contributed by atoms with Gasteiger partial charge in [-0.3, -0.25) is 25.1 Å². The molecule has 248 valence electrons. The van der Waals surface area contributed by atoms with Crippen molar-refractivity contribution < 1.29 is 19.4 Å². The van der Waals surface area contributed by atoms with E-state index in [0.717, 1.165) is 16.7 Å². The summed E-state index contributed by atoms with van der Waals surface area (Å²) in [6, 6.07) is 20.9. The first-order valence-corrected chi connectivity index (χ1v) is 16.2. The number of ether oxygens (including phenoxy) is 1. The van der Waals surface area contributed by atoms with Crippen LogP contribution in [0.3, 0.4) is 0 Å². The van der Waals surface area contributed by atoms with E-state index in [9.17, 15) is 9.59 Å². The fourth-order valence-corrected chi connectivity index (χ4v) is 6.45. The zero-order valence-corrected chi connectivity index (χ0v) is 29.0. The van der Waals surface area contributed by atoms with Crippen molar-refractivity contribution in [3.63, 3.8) is 0 Å². The third kappa shape index (κ3) is 7.81. The molecule has 0 aliphatic carbocycles. The number of hydrogen-bond donors (Lipinski definition) is 3. The summed E-state index contributed by atoms with van der Waals surface area (Å²) in [6.45, 7) is 11.4. The van der Waals surface area contributed by atoms with E-state index in [2.05, 4.69) is 42.4 Å². The zero-order valence-electron chi connectivity index (χ0n) is 26.7. The van der Waals surface area contributed by atoms with Gasteiger partial charge in [-0.25, -0.2) is 0 Å². The molecule has 0 radical (unpaired) electrons. The lowest BCUT2D eigenvalue weighted by molar-refractivity contribution is -0.142. The maximum absolute atomic E-state index is 15.0. The Bertz CT molecular complexity index is 1450. The minimum atomic E-state index is -1.33. The smallest absolute Gasteiger partial charge is 0.304 e. The molecule has 5 rings (SSSR count). The molecular weight excluding hydrogens is 647 g/mol. The molecule has 46 heavy (non-hydrogen) atoms. The normalized spacial score (nSPS) is 21.9. The van der Waals surface area contributed by atoms with E-state index >= 15 is 0 Å². The second-order valence-electron chi connectivity index (χ2n) is 12.8. The highest BCUT2D eigenvalue weighted by molar-refractivity contribution is 6.30. The Balaban J connectivity index is 0.00000480. The van der Waals surface area contributed by atoms with Gasteiger partial charge in [-0.1, -0.05) is 80.4 Å². The van der Waals surface area contributed by atoms with Crippen molar-refractivity contribution in [2.75, 3.05) is 39.3 Å². The molecular formula is C35H43Cl3N4O4. The van der Waals surface area contributed by atoms with E-state index in [0.29, 0.717) is 60.7 Å². The van der Waals surface area contributed by atoms with Crippen molar-refractivity contribution >= 4 is 47.5 Å². The number of carbonyl (C=O) groups is 2. The number of carboxylic acid groups (broad SMARTS) is 1. The largest absolute Gasteiger partial charge is 0.493 e. The van der Waals surface area contributed by atoms with Gasteiger partial charge in [-0.15, -0.1) is 12.4 Å². The maximum atomic E-state index is 15.0. The molecule has 2 aliphatic heterocycles. The van der Waals surface area contributed by atoms with E-state index in [1.807, 2.05) is 72.5 Å². The first kappa shape index (κ1) is 36.0. The number of halogens is 3. The van der Waals surface area contributed by atoms with Crippen LogP contribution in [0.1, 0.15) is 68.5 Å². The first-order chi connectivity index (χ1) is 21.4. The molecule has 3 aromatic rings. The molecule has 0 aromatic heterocycles. The van der Waals surface area contributed by atoms with Crippen LogP contribution in [0.5, 0.6) is 5.75 Å². The number of aliphatic carboxylic acids is 1. The molecule has 3 atom stereocenters. The Labute approximate surface area is 287 Å².